The third-order valence-corrected chi connectivity index (χ3v) is 6.66. The van der Waals surface area contributed by atoms with Gasteiger partial charge in [0.25, 0.3) is 5.91 Å². The van der Waals surface area contributed by atoms with Crippen LogP contribution in [0, 0.1) is 0 Å². The van der Waals surface area contributed by atoms with Gasteiger partial charge in [-0.25, -0.2) is 4.98 Å². The smallest absolute Gasteiger partial charge is 0.263 e. The minimum absolute atomic E-state index is 0.0128. The predicted molar refractivity (Wildman–Crippen MR) is 135 cm³/mol. The first-order valence-electron chi connectivity index (χ1n) is 11.4. The summed E-state index contributed by atoms with van der Waals surface area (Å²) < 4.78 is 1.12. The molecule has 0 saturated carbocycles. The average molecular weight is 442 g/mol. The molecule has 1 aromatic carbocycles. The number of rotatable bonds is 1. The van der Waals surface area contributed by atoms with Gasteiger partial charge in [0.1, 0.15) is 10.7 Å². The molecule has 4 heterocycles. The number of piperazine rings is 1. The zero-order valence-corrected chi connectivity index (χ0v) is 20.4. The Labute approximate surface area is 189 Å². The zero-order chi connectivity index (χ0) is 22.5. The molecule has 1 saturated heterocycles. The molecule has 0 unspecified atom stereocenters. The number of thiophene rings is 1. The lowest BCUT2D eigenvalue weighted by molar-refractivity contribution is 0.0949. The maximum Gasteiger partial charge on any atom is 0.263 e. The Morgan fingerprint density at radius 1 is 1.03 bits per heavy atom. The number of fused-ring (bicyclic) bond motifs is 5. The second-order valence-corrected chi connectivity index (χ2v) is 8.58. The number of amides is 1. The number of aromatic nitrogens is 1. The lowest BCUT2D eigenvalue weighted by Crippen LogP contribution is -2.44. The van der Waals surface area contributed by atoms with Gasteiger partial charge in [-0.1, -0.05) is 27.7 Å². The molecule has 3 aromatic rings. The van der Waals surface area contributed by atoms with Crippen molar-refractivity contribution < 1.29 is 4.79 Å². The molecule has 168 valence electrons. The highest BCUT2D eigenvalue weighted by atomic mass is 32.1. The maximum atomic E-state index is 12.5. The quantitative estimate of drug-likeness (QED) is 0.568. The SMILES string of the molecule is CC.CC.C[C@@H]1CNc2c(sc3ccc4nc(N5CCN(C)CC5)ccc4c23)C(=O)N1. The van der Waals surface area contributed by atoms with Crippen molar-refractivity contribution >= 4 is 49.7 Å². The van der Waals surface area contributed by atoms with Gasteiger partial charge in [0.15, 0.2) is 0 Å². The van der Waals surface area contributed by atoms with E-state index in [1.54, 1.807) is 11.3 Å². The predicted octanol–water partition coefficient (Wildman–Crippen LogP) is 4.80. The molecule has 2 aromatic heterocycles. The summed E-state index contributed by atoms with van der Waals surface area (Å²) in [5, 5.41) is 8.76. The lowest BCUT2D eigenvalue weighted by Gasteiger charge is -2.33. The first kappa shape index (κ1) is 23.3. The van der Waals surface area contributed by atoms with E-state index in [0.717, 1.165) is 70.1 Å². The molecule has 6 nitrogen and oxygen atoms in total. The average Bonchev–Trinajstić information content (AvgIpc) is 3.13. The molecule has 0 aliphatic carbocycles. The molecule has 2 N–H and O–H groups in total. The highest BCUT2D eigenvalue weighted by Crippen LogP contribution is 2.41. The first-order valence-corrected chi connectivity index (χ1v) is 12.3. The highest BCUT2D eigenvalue weighted by Gasteiger charge is 2.25. The second-order valence-electron chi connectivity index (χ2n) is 7.53. The molecule has 7 heteroatoms. The minimum atomic E-state index is 0.0128. The van der Waals surface area contributed by atoms with Gasteiger partial charge in [-0.3, -0.25) is 4.79 Å². The fraction of sp³-hybridized carbons (Fsp3) is 0.500. The van der Waals surface area contributed by atoms with Crippen molar-refractivity contribution in [3.05, 3.63) is 29.1 Å². The van der Waals surface area contributed by atoms with Crippen molar-refractivity contribution in [3.63, 3.8) is 0 Å². The van der Waals surface area contributed by atoms with Crippen molar-refractivity contribution in [2.24, 2.45) is 0 Å². The van der Waals surface area contributed by atoms with E-state index in [0.29, 0.717) is 0 Å². The third kappa shape index (κ3) is 4.62. The van der Waals surface area contributed by atoms with Gasteiger partial charge in [0.05, 0.1) is 11.2 Å². The van der Waals surface area contributed by atoms with Gasteiger partial charge >= 0.3 is 0 Å². The Balaban J connectivity index is 0.000000645. The van der Waals surface area contributed by atoms with Gasteiger partial charge < -0.3 is 20.4 Å². The maximum absolute atomic E-state index is 12.5. The minimum Gasteiger partial charge on any atom is -0.381 e. The standard InChI is InChI=1S/C20H23N5OS.2C2H6/c1-12-11-21-18-17-13-3-6-16(25-9-7-24(2)8-10-25)23-14(13)4-5-15(17)27-19(18)20(26)22-12;2*1-2/h3-6,12,21H,7-11H2,1-2H3,(H,22,26);2*1-2H3/t12-;;/m1../s1. The van der Waals surface area contributed by atoms with E-state index in [1.165, 1.54) is 0 Å². The fourth-order valence-corrected chi connectivity index (χ4v) is 5.02. The van der Waals surface area contributed by atoms with Crippen LogP contribution in [0.25, 0.3) is 21.0 Å². The monoisotopic (exact) mass is 441 g/mol. The molecule has 31 heavy (non-hydrogen) atoms. The summed E-state index contributed by atoms with van der Waals surface area (Å²) in [5.41, 5.74) is 1.94. The van der Waals surface area contributed by atoms with E-state index < -0.39 is 0 Å². The number of likely N-dealkylation sites (N-methyl/N-ethyl adjacent to an activating group) is 1. The van der Waals surface area contributed by atoms with Crippen LogP contribution in [0.3, 0.4) is 0 Å². The summed E-state index contributed by atoms with van der Waals surface area (Å²) in [7, 11) is 2.16. The van der Waals surface area contributed by atoms with E-state index in [9.17, 15) is 4.79 Å². The Morgan fingerprint density at radius 2 is 1.74 bits per heavy atom. The lowest BCUT2D eigenvalue weighted by atomic mass is 10.1. The van der Waals surface area contributed by atoms with Crippen LogP contribution < -0.4 is 15.5 Å². The molecular formula is C24H35N5OS. The highest BCUT2D eigenvalue weighted by molar-refractivity contribution is 7.21. The van der Waals surface area contributed by atoms with Crippen molar-refractivity contribution in [1.82, 2.24) is 15.2 Å². The Morgan fingerprint density at radius 3 is 2.45 bits per heavy atom. The molecule has 2 aliphatic rings. The Bertz CT molecular complexity index is 1040. The number of pyridine rings is 1. The van der Waals surface area contributed by atoms with E-state index in [2.05, 4.69) is 51.7 Å². The van der Waals surface area contributed by atoms with Crippen molar-refractivity contribution in [1.29, 1.82) is 0 Å². The molecule has 0 spiro atoms. The molecule has 5 rings (SSSR count). The molecule has 1 fully saturated rings. The van der Waals surface area contributed by atoms with Gasteiger partial charge in [-0.2, -0.15) is 0 Å². The number of nitrogens with one attached hydrogen (secondary N) is 2. The van der Waals surface area contributed by atoms with E-state index in [1.807, 2.05) is 34.6 Å². The summed E-state index contributed by atoms with van der Waals surface area (Å²) >= 11 is 1.55. The molecular weight excluding hydrogens is 406 g/mol. The van der Waals surface area contributed by atoms with E-state index in [-0.39, 0.29) is 11.9 Å². The van der Waals surface area contributed by atoms with Gasteiger partial charge in [0, 0.05) is 54.2 Å². The molecule has 1 atom stereocenters. The van der Waals surface area contributed by atoms with Crippen molar-refractivity contribution in [2.45, 2.75) is 40.7 Å². The van der Waals surface area contributed by atoms with Crippen LogP contribution >= 0.6 is 11.3 Å². The summed E-state index contributed by atoms with van der Waals surface area (Å²) in [4.78, 5) is 23.0. The Hall–Kier alpha value is -2.38. The van der Waals surface area contributed by atoms with Gasteiger partial charge in [-0.15, -0.1) is 11.3 Å². The summed E-state index contributed by atoms with van der Waals surface area (Å²) in [6, 6.07) is 8.57. The van der Waals surface area contributed by atoms with Crippen LogP contribution in [0.1, 0.15) is 44.3 Å². The Kier molecular flexibility index (Phi) is 7.73. The second kappa shape index (κ2) is 10.3. The largest absolute Gasteiger partial charge is 0.381 e. The number of anilines is 2. The normalized spacial score (nSPS) is 18.7. The van der Waals surface area contributed by atoms with Crippen LogP contribution in [0.15, 0.2) is 24.3 Å². The van der Waals surface area contributed by atoms with Gasteiger partial charge in [-0.05, 0) is 38.2 Å². The molecule has 2 aliphatic heterocycles. The summed E-state index contributed by atoms with van der Waals surface area (Å²) in [6.07, 6.45) is 0. The number of nitrogens with zero attached hydrogens (tertiary/aromatic N) is 3. The topological polar surface area (TPSA) is 60.5 Å². The number of hydrogen-bond donors (Lipinski definition) is 2. The van der Waals surface area contributed by atoms with Crippen LogP contribution in [-0.4, -0.2) is 61.6 Å². The number of hydrogen-bond acceptors (Lipinski definition) is 6. The number of benzene rings is 1. The fourth-order valence-electron chi connectivity index (χ4n) is 3.93. The van der Waals surface area contributed by atoms with Crippen LogP contribution in [0.2, 0.25) is 0 Å². The first-order chi connectivity index (χ1) is 15.1. The number of carbonyl (C=O) groups excluding carboxylic acids is 1. The van der Waals surface area contributed by atoms with Crippen LogP contribution in [0.5, 0.6) is 0 Å². The van der Waals surface area contributed by atoms with E-state index >= 15 is 0 Å². The third-order valence-electron chi connectivity index (χ3n) is 5.50. The summed E-state index contributed by atoms with van der Waals surface area (Å²) in [6.45, 7) is 14.9. The molecule has 1 amide bonds. The molecule has 0 bridgehead atoms. The van der Waals surface area contributed by atoms with Crippen LogP contribution in [0.4, 0.5) is 11.5 Å². The van der Waals surface area contributed by atoms with Crippen molar-refractivity contribution in [3.8, 4) is 0 Å². The zero-order valence-electron chi connectivity index (χ0n) is 19.6. The van der Waals surface area contributed by atoms with Crippen molar-refractivity contribution in [2.75, 3.05) is 50.0 Å². The van der Waals surface area contributed by atoms with Gasteiger partial charge in [0.2, 0.25) is 0 Å². The van der Waals surface area contributed by atoms with Crippen LogP contribution in [-0.2, 0) is 0 Å². The number of carbonyl (C=O) groups is 1. The molecule has 0 radical (unpaired) electrons. The van der Waals surface area contributed by atoms with E-state index in [4.69, 9.17) is 4.98 Å². The summed E-state index contributed by atoms with van der Waals surface area (Å²) in [5.74, 6) is 1.05.